The number of rotatable bonds is 6. The molecule has 6 nitrogen and oxygen atoms in total. The Morgan fingerprint density at radius 2 is 1.87 bits per heavy atom. The van der Waals surface area contributed by atoms with Gasteiger partial charge in [0.1, 0.15) is 0 Å². The highest BCUT2D eigenvalue weighted by molar-refractivity contribution is 14.0. The minimum absolute atomic E-state index is 0. The van der Waals surface area contributed by atoms with E-state index in [1.807, 2.05) is 0 Å². The topological polar surface area (TPSA) is 43.3 Å². The minimum atomic E-state index is 0. The van der Waals surface area contributed by atoms with E-state index in [1.165, 1.54) is 11.1 Å². The number of likely N-dealkylation sites (N-methyl/N-ethyl adjacent to an activating group) is 1. The molecule has 0 amide bonds. The second kappa shape index (κ2) is 12.2. The molecule has 2 aliphatic rings. The number of aliphatic imine (C=N–C) groups is 1. The number of benzene rings is 1. The van der Waals surface area contributed by atoms with E-state index >= 15 is 0 Å². The van der Waals surface area contributed by atoms with Crippen molar-refractivity contribution in [2.24, 2.45) is 4.99 Å². The first-order valence-corrected chi connectivity index (χ1v) is 11.1. The van der Waals surface area contributed by atoms with Gasteiger partial charge in [0.2, 0.25) is 0 Å². The molecule has 2 fully saturated rings. The van der Waals surface area contributed by atoms with Gasteiger partial charge in [-0.1, -0.05) is 29.8 Å². The molecular formula is C23H40IN5O. The van der Waals surface area contributed by atoms with E-state index in [4.69, 9.17) is 9.73 Å². The normalized spacial score (nSPS) is 20.2. The van der Waals surface area contributed by atoms with Gasteiger partial charge >= 0.3 is 0 Å². The van der Waals surface area contributed by atoms with Crippen LogP contribution in [0.25, 0.3) is 0 Å². The Morgan fingerprint density at radius 1 is 1.17 bits per heavy atom. The molecule has 0 aromatic heterocycles. The second-order valence-electron chi connectivity index (χ2n) is 8.65. The van der Waals surface area contributed by atoms with Crippen LogP contribution in [0.4, 0.5) is 0 Å². The largest absolute Gasteiger partial charge is 0.381 e. The maximum atomic E-state index is 5.61. The van der Waals surface area contributed by atoms with E-state index in [1.54, 1.807) is 0 Å². The zero-order valence-corrected chi connectivity index (χ0v) is 21.5. The van der Waals surface area contributed by atoms with Gasteiger partial charge in [-0.15, -0.1) is 24.0 Å². The highest BCUT2D eigenvalue weighted by Crippen LogP contribution is 2.26. The summed E-state index contributed by atoms with van der Waals surface area (Å²) in [6.45, 7) is 13.0. The van der Waals surface area contributed by atoms with Gasteiger partial charge in [-0.3, -0.25) is 9.89 Å². The van der Waals surface area contributed by atoms with Gasteiger partial charge in [0.15, 0.2) is 5.96 Å². The molecule has 2 heterocycles. The van der Waals surface area contributed by atoms with Crippen LogP contribution in [0, 0.1) is 6.92 Å². The molecule has 0 radical (unpaired) electrons. The average molecular weight is 530 g/mol. The Bertz CT molecular complexity index is 667. The number of nitrogens with one attached hydrogen (secondary N) is 1. The van der Waals surface area contributed by atoms with Gasteiger partial charge in [-0.25, -0.2) is 0 Å². The Balaban J connectivity index is 0.00000320. The van der Waals surface area contributed by atoms with Crippen LogP contribution < -0.4 is 5.32 Å². The van der Waals surface area contributed by atoms with Crippen molar-refractivity contribution in [3.8, 4) is 0 Å². The standard InChI is InChI=1S/C23H39N5O.HI/c1-5-24-22(25-19-23(26(3)4)9-15-29-16-10-23)28-13-11-27(12-14-28)18-21-8-6-7-20(2)17-21;/h6-8,17H,5,9-16,18-19H2,1-4H3,(H,24,25);1H. The molecule has 170 valence electrons. The summed E-state index contributed by atoms with van der Waals surface area (Å²) in [5.41, 5.74) is 2.86. The number of ether oxygens (including phenoxy) is 1. The van der Waals surface area contributed by atoms with Gasteiger partial charge in [0.25, 0.3) is 0 Å². The monoisotopic (exact) mass is 529 g/mol. The zero-order chi connectivity index (χ0) is 20.7. The van der Waals surface area contributed by atoms with Crippen molar-refractivity contribution in [3.63, 3.8) is 0 Å². The lowest BCUT2D eigenvalue weighted by Crippen LogP contribution is -2.54. The quantitative estimate of drug-likeness (QED) is 0.349. The summed E-state index contributed by atoms with van der Waals surface area (Å²) < 4.78 is 5.61. The molecule has 7 heteroatoms. The molecule has 1 aromatic rings. The summed E-state index contributed by atoms with van der Waals surface area (Å²) >= 11 is 0. The van der Waals surface area contributed by atoms with Crippen LogP contribution in [0.2, 0.25) is 0 Å². The number of guanidine groups is 1. The molecule has 2 saturated heterocycles. The number of halogens is 1. The fourth-order valence-electron chi connectivity index (χ4n) is 4.33. The molecule has 2 aliphatic heterocycles. The lowest BCUT2D eigenvalue weighted by atomic mass is 9.89. The van der Waals surface area contributed by atoms with Crippen LogP contribution in [-0.4, -0.2) is 92.8 Å². The molecule has 0 aliphatic carbocycles. The van der Waals surface area contributed by atoms with Gasteiger partial charge in [0.05, 0.1) is 6.54 Å². The number of hydrogen-bond donors (Lipinski definition) is 1. The highest BCUT2D eigenvalue weighted by atomic mass is 127. The summed E-state index contributed by atoms with van der Waals surface area (Å²) in [6.07, 6.45) is 2.10. The molecular weight excluding hydrogens is 489 g/mol. The molecule has 30 heavy (non-hydrogen) atoms. The van der Waals surface area contributed by atoms with Crippen LogP contribution in [0.5, 0.6) is 0 Å². The molecule has 1 N–H and O–H groups in total. The number of piperazine rings is 1. The summed E-state index contributed by atoms with van der Waals surface area (Å²) in [5.74, 6) is 1.07. The molecule has 0 saturated carbocycles. The minimum Gasteiger partial charge on any atom is -0.381 e. The maximum absolute atomic E-state index is 5.61. The van der Waals surface area contributed by atoms with Crippen molar-refractivity contribution in [1.29, 1.82) is 0 Å². The Morgan fingerprint density at radius 3 is 2.47 bits per heavy atom. The first-order valence-electron chi connectivity index (χ1n) is 11.1. The molecule has 0 spiro atoms. The fourth-order valence-corrected chi connectivity index (χ4v) is 4.33. The molecule has 1 aromatic carbocycles. The summed E-state index contributed by atoms with van der Waals surface area (Å²) in [6, 6.07) is 8.86. The molecule has 0 bridgehead atoms. The first kappa shape index (κ1) is 25.4. The molecule has 3 rings (SSSR count). The lowest BCUT2D eigenvalue weighted by molar-refractivity contribution is -0.00268. The lowest BCUT2D eigenvalue weighted by Gasteiger charge is -2.42. The van der Waals surface area contributed by atoms with E-state index in [-0.39, 0.29) is 29.5 Å². The zero-order valence-electron chi connectivity index (χ0n) is 19.2. The van der Waals surface area contributed by atoms with Gasteiger partial charge in [-0.05, 0) is 46.3 Å². The van der Waals surface area contributed by atoms with E-state index in [9.17, 15) is 0 Å². The summed E-state index contributed by atoms with van der Waals surface area (Å²) in [5, 5.41) is 3.53. The van der Waals surface area contributed by atoms with Crippen molar-refractivity contribution in [1.82, 2.24) is 20.0 Å². The predicted octanol–water partition coefficient (Wildman–Crippen LogP) is 2.81. The van der Waals surface area contributed by atoms with Gasteiger partial charge in [-0.2, -0.15) is 0 Å². The third-order valence-electron chi connectivity index (χ3n) is 6.39. The highest BCUT2D eigenvalue weighted by Gasteiger charge is 2.35. The Kier molecular flexibility index (Phi) is 10.3. The number of hydrogen-bond acceptors (Lipinski definition) is 4. The van der Waals surface area contributed by atoms with E-state index in [2.05, 4.69) is 72.2 Å². The van der Waals surface area contributed by atoms with Gasteiger partial charge in [0, 0.05) is 58.0 Å². The van der Waals surface area contributed by atoms with Crippen LogP contribution in [0.3, 0.4) is 0 Å². The van der Waals surface area contributed by atoms with Crippen molar-refractivity contribution in [2.75, 3.05) is 66.6 Å². The van der Waals surface area contributed by atoms with Crippen LogP contribution >= 0.6 is 24.0 Å². The Labute approximate surface area is 200 Å². The van der Waals surface area contributed by atoms with Crippen LogP contribution in [-0.2, 0) is 11.3 Å². The van der Waals surface area contributed by atoms with Crippen molar-refractivity contribution < 1.29 is 4.74 Å². The van der Waals surface area contributed by atoms with E-state index < -0.39 is 0 Å². The maximum Gasteiger partial charge on any atom is 0.194 e. The summed E-state index contributed by atoms with van der Waals surface area (Å²) in [7, 11) is 4.36. The third-order valence-corrected chi connectivity index (χ3v) is 6.39. The third kappa shape index (κ3) is 6.80. The molecule has 0 atom stereocenters. The SMILES string of the molecule is CCNC(=NCC1(N(C)C)CCOCC1)N1CCN(Cc2cccc(C)c2)CC1.I. The van der Waals surface area contributed by atoms with E-state index in [0.717, 1.165) is 77.8 Å². The van der Waals surface area contributed by atoms with Gasteiger partial charge < -0.3 is 19.9 Å². The smallest absolute Gasteiger partial charge is 0.194 e. The summed E-state index contributed by atoms with van der Waals surface area (Å²) in [4.78, 5) is 12.4. The van der Waals surface area contributed by atoms with Crippen molar-refractivity contribution in [2.45, 2.75) is 38.8 Å². The van der Waals surface area contributed by atoms with Crippen molar-refractivity contribution in [3.05, 3.63) is 35.4 Å². The van der Waals surface area contributed by atoms with Crippen LogP contribution in [0.1, 0.15) is 30.9 Å². The second-order valence-corrected chi connectivity index (χ2v) is 8.65. The molecule has 0 unspecified atom stereocenters. The average Bonchev–Trinajstić information content (AvgIpc) is 2.72. The van der Waals surface area contributed by atoms with Crippen LogP contribution in [0.15, 0.2) is 29.3 Å². The fraction of sp³-hybridized carbons (Fsp3) is 0.696. The van der Waals surface area contributed by atoms with Crippen molar-refractivity contribution >= 4 is 29.9 Å². The van der Waals surface area contributed by atoms with E-state index in [0.29, 0.717) is 0 Å². The number of nitrogens with zero attached hydrogens (tertiary/aromatic N) is 4. The number of aryl methyl sites for hydroxylation is 1. The predicted molar refractivity (Wildman–Crippen MR) is 136 cm³/mol. The Hall–Kier alpha value is -0.900. The first-order chi connectivity index (χ1) is 14.0.